The summed E-state index contributed by atoms with van der Waals surface area (Å²) < 4.78 is 28.5. The quantitative estimate of drug-likeness (QED) is 0.490. The van der Waals surface area contributed by atoms with Crippen LogP contribution in [0.25, 0.3) is 0 Å². The van der Waals surface area contributed by atoms with Gasteiger partial charge in [-0.1, -0.05) is 42.8 Å². The van der Waals surface area contributed by atoms with Gasteiger partial charge < -0.3 is 9.84 Å². The molecular formula is C19H22F2O2S2. The summed E-state index contributed by atoms with van der Waals surface area (Å²) in [7, 11) is 0. The molecule has 0 fully saturated rings. The fraction of sp³-hybridized carbons (Fsp3) is 0.368. The lowest BCUT2D eigenvalue weighted by Crippen LogP contribution is -2.25. The van der Waals surface area contributed by atoms with Gasteiger partial charge in [0.15, 0.2) is 0 Å². The molecule has 2 atom stereocenters. The van der Waals surface area contributed by atoms with E-state index in [0.717, 1.165) is 16.9 Å². The topological polar surface area (TPSA) is 29.5 Å². The largest absolute Gasteiger partial charge is 0.435 e. The molecule has 0 amide bonds. The predicted molar refractivity (Wildman–Crippen MR) is 103 cm³/mol. The van der Waals surface area contributed by atoms with Crippen LogP contribution in [0.15, 0.2) is 42.5 Å². The van der Waals surface area contributed by atoms with E-state index in [-0.39, 0.29) is 5.75 Å². The van der Waals surface area contributed by atoms with E-state index in [0.29, 0.717) is 11.1 Å². The predicted octanol–water partition coefficient (Wildman–Crippen LogP) is 5.47. The standard InChI is InChI=1S/C19H22F2O2S2/c1-4-25-19(24,15-7-5-6-12(2)10-15)17(22)14-8-9-16(13(3)11-14)23-18(20)21/h5-11,17-18,22,24H,4H2,1-3H3. The number of aryl methyl sites for hydroxylation is 2. The van der Waals surface area contributed by atoms with Crippen LogP contribution < -0.4 is 4.74 Å². The molecule has 0 saturated heterocycles. The summed E-state index contributed by atoms with van der Waals surface area (Å²) in [4.78, 5) is 0. The maximum absolute atomic E-state index is 12.4. The zero-order valence-electron chi connectivity index (χ0n) is 14.4. The number of hydrogen-bond donors (Lipinski definition) is 2. The lowest BCUT2D eigenvalue weighted by atomic mass is 9.97. The molecule has 2 unspecified atom stereocenters. The van der Waals surface area contributed by atoms with Gasteiger partial charge in [-0.3, -0.25) is 0 Å². The number of benzene rings is 2. The molecule has 0 aromatic heterocycles. The van der Waals surface area contributed by atoms with Crippen LogP contribution in [0.5, 0.6) is 5.75 Å². The Balaban J connectivity index is 2.40. The van der Waals surface area contributed by atoms with Gasteiger partial charge in [0.1, 0.15) is 15.9 Å². The van der Waals surface area contributed by atoms with Crippen LogP contribution in [0, 0.1) is 13.8 Å². The third kappa shape index (κ3) is 4.68. The van der Waals surface area contributed by atoms with Crippen LogP contribution in [0.2, 0.25) is 0 Å². The van der Waals surface area contributed by atoms with Gasteiger partial charge in [0.05, 0.1) is 0 Å². The molecule has 0 heterocycles. The molecule has 0 saturated carbocycles. The Hall–Kier alpha value is -1.24. The van der Waals surface area contributed by atoms with Crippen molar-refractivity contribution in [2.45, 2.75) is 37.6 Å². The summed E-state index contributed by atoms with van der Waals surface area (Å²) in [6, 6.07) is 12.6. The number of halogens is 2. The number of hydrogen-bond acceptors (Lipinski definition) is 4. The summed E-state index contributed by atoms with van der Waals surface area (Å²) >= 11 is 6.35. The molecule has 0 aliphatic heterocycles. The first-order valence-electron chi connectivity index (χ1n) is 7.94. The highest BCUT2D eigenvalue weighted by Crippen LogP contribution is 2.50. The number of aliphatic hydroxyl groups is 1. The maximum atomic E-state index is 12.4. The van der Waals surface area contributed by atoms with Crippen LogP contribution in [-0.4, -0.2) is 17.5 Å². The van der Waals surface area contributed by atoms with Crippen molar-refractivity contribution >= 4 is 24.4 Å². The molecule has 1 N–H and O–H groups in total. The van der Waals surface area contributed by atoms with Crippen LogP contribution in [0.3, 0.4) is 0 Å². The second-order valence-corrected chi connectivity index (χ2v) is 8.32. The maximum Gasteiger partial charge on any atom is 0.387 e. The first kappa shape index (κ1) is 20.1. The molecular weight excluding hydrogens is 362 g/mol. The summed E-state index contributed by atoms with van der Waals surface area (Å²) in [6.45, 7) is 2.79. The van der Waals surface area contributed by atoms with E-state index >= 15 is 0 Å². The van der Waals surface area contributed by atoms with Crippen molar-refractivity contribution in [3.63, 3.8) is 0 Å². The summed E-state index contributed by atoms with van der Waals surface area (Å²) in [5.41, 5.74) is 3.13. The van der Waals surface area contributed by atoms with Crippen LogP contribution in [0.4, 0.5) is 8.78 Å². The normalized spacial score (nSPS) is 15.0. The van der Waals surface area contributed by atoms with E-state index in [9.17, 15) is 13.9 Å². The Labute approximate surface area is 157 Å². The van der Waals surface area contributed by atoms with Crippen LogP contribution in [0.1, 0.15) is 35.3 Å². The fourth-order valence-corrected chi connectivity index (χ4v) is 4.41. The number of thioether (sulfide) groups is 1. The first-order chi connectivity index (χ1) is 11.8. The van der Waals surface area contributed by atoms with Crippen molar-refractivity contribution < 1.29 is 18.6 Å². The third-order valence-electron chi connectivity index (χ3n) is 3.90. The Bertz CT molecular complexity index is 724. The minimum absolute atomic E-state index is 0.106. The number of thiol groups is 1. The van der Waals surface area contributed by atoms with Gasteiger partial charge in [-0.15, -0.1) is 11.8 Å². The Morgan fingerprint density at radius 3 is 2.48 bits per heavy atom. The highest BCUT2D eigenvalue weighted by Gasteiger charge is 2.37. The average molecular weight is 385 g/mol. The molecule has 2 aromatic rings. The van der Waals surface area contributed by atoms with Crippen LogP contribution in [-0.2, 0) is 4.08 Å². The van der Waals surface area contributed by atoms with Crippen molar-refractivity contribution in [3.8, 4) is 5.75 Å². The van der Waals surface area contributed by atoms with Crippen molar-refractivity contribution in [2.75, 3.05) is 5.75 Å². The van der Waals surface area contributed by atoms with Crippen LogP contribution >= 0.6 is 24.4 Å². The van der Waals surface area contributed by atoms with Gasteiger partial charge in [-0.05, 0) is 48.4 Å². The Morgan fingerprint density at radius 2 is 1.92 bits per heavy atom. The van der Waals surface area contributed by atoms with Gasteiger partial charge >= 0.3 is 6.61 Å². The number of rotatable bonds is 7. The summed E-state index contributed by atoms with van der Waals surface area (Å²) in [6.07, 6.45) is -0.915. The van der Waals surface area contributed by atoms with Crippen molar-refractivity contribution in [3.05, 3.63) is 64.7 Å². The highest BCUT2D eigenvalue weighted by molar-refractivity contribution is 8.10. The summed E-state index contributed by atoms with van der Waals surface area (Å²) in [5.74, 6) is 0.870. The molecule has 2 rings (SSSR count). The van der Waals surface area contributed by atoms with E-state index in [1.165, 1.54) is 17.8 Å². The summed E-state index contributed by atoms with van der Waals surface area (Å²) in [5, 5.41) is 11.0. The van der Waals surface area contributed by atoms with Gasteiger partial charge in [0.2, 0.25) is 0 Å². The molecule has 2 nitrogen and oxygen atoms in total. The van der Waals surface area contributed by atoms with E-state index in [1.807, 2.05) is 38.1 Å². The first-order valence-corrected chi connectivity index (χ1v) is 9.38. The van der Waals surface area contributed by atoms with E-state index in [2.05, 4.69) is 4.74 Å². The monoisotopic (exact) mass is 384 g/mol. The minimum Gasteiger partial charge on any atom is -0.435 e. The molecule has 25 heavy (non-hydrogen) atoms. The van der Waals surface area contributed by atoms with Crippen molar-refractivity contribution in [1.29, 1.82) is 0 Å². The number of aliphatic hydroxyl groups excluding tert-OH is 1. The van der Waals surface area contributed by atoms with E-state index in [4.69, 9.17) is 12.6 Å². The lowest BCUT2D eigenvalue weighted by molar-refractivity contribution is -0.0503. The average Bonchev–Trinajstić information content (AvgIpc) is 2.55. The van der Waals surface area contributed by atoms with Gasteiger partial charge in [0.25, 0.3) is 0 Å². The highest BCUT2D eigenvalue weighted by atomic mass is 32.2. The minimum atomic E-state index is -2.87. The van der Waals surface area contributed by atoms with Gasteiger partial charge in [0, 0.05) is 0 Å². The second-order valence-electron chi connectivity index (χ2n) is 5.80. The Morgan fingerprint density at radius 1 is 1.20 bits per heavy atom. The molecule has 0 aliphatic carbocycles. The molecule has 6 heteroatoms. The second kappa shape index (κ2) is 8.43. The smallest absolute Gasteiger partial charge is 0.387 e. The number of ether oxygens (including phenoxy) is 1. The van der Waals surface area contributed by atoms with Gasteiger partial charge in [-0.2, -0.15) is 21.4 Å². The van der Waals surface area contributed by atoms with Gasteiger partial charge in [-0.25, -0.2) is 0 Å². The Kier molecular flexibility index (Phi) is 6.77. The van der Waals surface area contributed by atoms with Crippen molar-refractivity contribution in [1.82, 2.24) is 0 Å². The SMILES string of the molecule is CCSC(S)(c1cccc(C)c1)C(O)c1ccc(OC(F)F)c(C)c1. The molecule has 136 valence electrons. The van der Waals surface area contributed by atoms with E-state index < -0.39 is 16.8 Å². The molecule has 2 aromatic carbocycles. The zero-order chi connectivity index (χ0) is 18.6. The fourth-order valence-electron chi connectivity index (χ4n) is 2.70. The molecule has 0 bridgehead atoms. The molecule has 0 aliphatic rings. The molecule has 0 radical (unpaired) electrons. The van der Waals surface area contributed by atoms with Crippen molar-refractivity contribution in [2.24, 2.45) is 0 Å². The molecule has 0 spiro atoms. The third-order valence-corrected chi connectivity index (χ3v) is 5.98. The number of alkyl halides is 2. The van der Waals surface area contributed by atoms with E-state index in [1.54, 1.807) is 19.1 Å². The zero-order valence-corrected chi connectivity index (χ0v) is 16.1. The lowest BCUT2D eigenvalue weighted by Gasteiger charge is -2.34.